The molecule has 0 bridgehead atoms. The number of rotatable bonds is 4. The lowest BCUT2D eigenvalue weighted by Crippen LogP contribution is -2.31. The lowest BCUT2D eigenvalue weighted by atomic mass is 10.2. The van der Waals surface area contributed by atoms with Crippen LogP contribution in [0.3, 0.4) is 0 Å². The minimum absolute atomic E-state index is 0.0124. The van der Waals surface area contributed by atoms with Gasteiger partial charge < -0.3 is 14.2 Å². The Kier molecular flexibility index (Phi) is 4.38. The predicted molar refractivity (Wildman–Crippen MR) is 85.6 cm³/mol. The van der Waals surface area contributed by atoms with Crippen molar-refractivity contribution in [1.29, 1.82) is 0 Å². The van der Waals surface area contributed by atoms with E-state index in [-0.39, 0.29) is 27.6 Å². The summed E-state index contributed by atoms with van der Waals surface area (Å²) in [6.45, 7) is 2.78. The van der Waals surface area contributed by atoms with Gasteiger partial charge >= 0.3 is 6.36 Å². The highest BCUT2D eigenvalue weighted by Gasteiger charge is 2.31. The monoisotopic (exact) mass is 403 g/mol. The molecule has 0 aliphatic heterocycles. The summed E-state index contributed by atoms with van der Waals surface area (Å²) in [5, 5.41) is 3.91. The molecule has 0 aliphatic carbocycles. The smallest absolute Gasteiger partial charge is 0.406 e. The summed E-state index contributed by atoms with van der Waals surface area (Å²) >= 11 is 0. The van der Waals surface area contributed by atoms with E-state index in [1.54, 1.807) is 0 Å². The predicted octanol–water partition coefficient (Wildman–Crippen LogP) is 2.79. The molecule has 1 amide bonds. The van der Waals surface area contributed by atoms with Crippen molar-refractivity contribution in [1.82, 2.24) is 14.9 Å². The van der Waals surface area contributed by atoms with E-state index in [0.717, 1.165) is 12.1 Å². The molecule has 0 unspecified atom stereocenters. The van der Waals surface area contributed by atoms with Gasteiger partial charge in [0.1, 0.15) is 17.1 Å². The second-order valence-corrected chi connectivity index (χ2v) is 7.19. The van der Waals surface area contributed by atoms with E-state index in [9.17, 15) is 26.4 Å². The normalized spacial score (nSPS) is 12.3. The fourth-order valence-electron chi connectivity index (χ4n) is 2.51. The Bertz CT molecular complexity index is 1110. The van der Waals surface area contributed by atoms with Crippen molar-refractivity contribution < 1.29 is 35.6 Å². The summed E-state index contributed by atoms with van der Waals surface area (Å²) in [5.74, 6) is -1.46. The Balaban J connectivity index is 1.88. The molecule has 0 saturated heterocycles. The number of aromatic nitrogens is 2. The number of ether oxygens (including phenoxy) is 1. The Morgan fingerprint density at radius 2 is 1.96 bits per heavy atom. The summed E-state index contributed by atoms with van der Waals surface area (Å²) < 4.78 is 72.0. The number of fused-ring (bicyclic) bond motifs is 1. The lowest BCUT2D eigenvalue weighted by Gasteiger charge is -2.08. The number of carbonyl (C=O) groups is 1. The fourth-order valence-corrected chi connectivity index (χ4v) is 3.81. The zero-order valence-electron chi connectivity index (χ0n) is 13.8. The van der Waals surface area contributed by atoms with Gasteiger partial charge in [-0.15, -0.1) is 13.2 Å². The van der Waals surface area contributed by atoms with E-state index in [0.29, 0.717) is 5.39 Å². The van der Waals surface area contributed by atoms with Gasteiger partial charge in [-0.25, -0.2) is 13.1 Å². The Morgan fingerprint density at radius 1 is 1.26 bits per heavy atom. The van der Waals surface area contributed by atoms with Crippen LogP contribution in [-0.2, 0) is 10.0 Å². The molecule has 3 rings (SSSR count). The number of H-pyrrole nitrogens is 1. The number of sulfonamides is 1. The highest BCUT2D eigenvalue weighted by atomic mass is 32.2. The van der Waals surface area contributed by atoms with Crippen LogP contribution in [0, 0.1) is 13.8 Å². The molecule has 0 saturated carbocycles. The maximum Gasteiger partial charge on any atom is 0.573 e. The third-order valence-electron chi connectivity index (χ3n) is 3.54. The summed E-state index contributed by atoms with van der Waals surface area (Å²) in [4.78, 5) is 14.6. The molecular weight excluding hydrogens is 391 g/mol. The zero-order chi connectivity index (χ0) is 20.0. The third kappa shape index (κ3) is 3.89. The number of aryl methyl sites for hydroxylation is 2. The van der Waals surface area contributed by atoms with Gasteiger partial charge in [0.25, 0.3) is 15.9 Å². The van der Waals surface area contributed by atoms with Crippen molar-refractivity contribution in [2.45, 2.75) is 25.1 Å². The molecule has 0 atom stereocenters. The largest absolute Gasteiger partial charge is 0.573 e. The van der Waals surface area contributed by atoms with Gasteiger partial charge in [-0.2, -0.15) is 0 Å². The van der Waals surface area contributed by atoms with E-state index in [4.69, 9.17) is 4.52 Å². The first-order valence-electron chi connectivity index (χ1n) is 7.35. The number of hydrogen-bond acceptors (Lipinski definition) is 6. The Labute approximate surface area is 150 Å². The number of nitrogens with zero attached hydrogens (tertiary/aromatic N) is 1. The Morgan fingerprint density at radius 3 is 2.56 bits per heavy atom. The molecule has 144 valence electrons. The van der Waals surface area contributed by atoms with Gasteiger partial charge in [0, 0.05) is 17.0 Å². The first-order chi connectivity index (χ1) is 12.5. The molecule has 8 nitrogen and oxygen atoms in total. The number of aromatic amines is 1. The van der Waals surface area contributed by atoms with E-state index < -0.39 is 28.0 Å². The van der Waals surface area contributed by atoms with E-state index in [1.165, 1.54) is 26.0 Å². The topological polar surface area (TPSA) is 114 Å². The molecule has 1 aromatic carbocycles. The van der Waals surface area contributed by atoms with Gasteiger partial charge in [0.05, 0.1) is 0 Å². The van der Waals surface area contributed by atoms with Gasteiger partial charge in [-0.1, -0.05) is 5.16 Å². The summed E-state index contributed by atoms with van der Waals surface area (Å²) in [6, 6.07) is 4.71. The van der Waals surface area contributed by atoms with Crippen molar-refractivity contribution in [3.8, 4) is 5.75 Å². The average molecular weight is 403 g/mol. The first-order valence-corrected chi connectivity index (χ1v) is 8.83. The average Bonchev–Trinajstić information content (AvgIpc) is 3.08. The Hall–Kier alpha value is -3.02. The second kappa shape index (κ2) is 6.30. The molecule has 27 heavy (non-hydrogen) atoms. The fraction of sp³-hybridized carbons (Fsp3) is 0.200. The minimum Gasteiger partial charge on any atom is -0.406 e. The molecule has 0 aliphatic rings. The minimum atomic E-state index is -4.86. The quantitative estimate of drug-likeness (QED) is 0.692. The highest BCUT2D eigenvalue weighted by molar-refractivity contribution is 7.90. The third-order valence-corrected chi connectivity index (χ3v) is 5.11. The number of halogens is 3. The molecule has 0 spiro atoms. The van der Waals surface area contributed by atoms with Crippen LogP contribution in [0.5, 0.6) is 5.75 Å². The van der Waals surface area contributed by atoms with Crippen molar-refractivity contribution in [3.05, 3.63) is 41.4 Å². The molecule has 2 aromatic heterocycles. The van der Waals surface area contributed by atoms with Gasteiger partial charge in [0.2, 0.25) is 0 Å². The van der Waals surface area contributed by atoms with Crippen LogP contribution < -0.4 is 9.46 Å². The number of alkyl halides is 3. The van der Waals surface area contributed by atoms with Crippen molar-refractivity contribution >= 4 is 26.8 Å². The SMILES string of the molecule is Cc1noc(C)c1S(=O)(=O)NC(=O)c1cc2ccc(OC(F)(F)F)cc2[nH]1. The summed E-state index contributed by atoms with van der Waals surface area (Å²) in [5.41, 5.74) is 0.0829. The number of nitrogens with one attached hydrogen (secondary N) is 2. The van der Waals surface area contributed by atoms with Crippen molar-refractivity contribution in [2.75, 3.05) is 0 Å². The standard InChI is InChI=1S/C15H12F3N3O5S/c1-7-13(8(2)26-20-7)27(23,24)21-14(22)12-5-9-3-4-10(6-11(9)19-12)25-15(16,17)18/h3-6,19H,1-2H3,(H,21,22). The molecule has 3 aromatic rings. The summed E-state index contributed by atoms with van der Waals surface area (Å²) in [7, 11) is -4.24. The number of amides is 1. The second-order valence-electron chi connectivity index (χ2n) is 5.57. The molecule has 2 heterocycles. The summed E-state index contributed by atoms with van der Waals surface area (Å²) in [6.07, 6.45) is -4.86. The van der Waals surface area contributed by atoms with Crippen molar-refractivity contribution in [3.63, 3.8) is 0 Å². The van der Waals surface area contributed by atoms with E-state index >= 15 is 0 Å². The number of benzene rings is 1. The van der Waals surface area contributed by atoms with Gasteiger partial charge in [-0.3, -0.25) is 4.79 Å². The van der Waals surface area contributed by atoms with E-state index in [1.807, 2.05) is 4.72 Å². The van der Waals surface area contributed by atoms with Crippen molar-refractivity contribution in [2.24, 2.45) is 0 Å². The first kappa shape index (κ1) is 18.8. The number of carbonyl (C=O) groups excluding carboxylic acids is 1. The molecule has 0 radical (unpaired) electrons. The molecular formula is C15H12F3N3O5S. The lowest BCUT2D eigenvalue weighted by molar-refractivity contribution is -0.274. The van der Waals surface area contributed by atoms with Crippen LogP contribution in [0.2, 0.25) is 0 Å². The number of hydrogen-bond donors (Lipinski definition) is 2. The van der Waals surface area contributed by atoms with Crippen LogP contribution in [0.1, 0.15) is 21.9 Å². The highest BCUT2D eigenvalue weighted by Crippen LogP contribution is 2.27. The maximum absolute atomic E-state index is 12.4. The van der Waals surface area contributed by atoms with Gasteiger partial charge in [0.15, 0.2) is 10.7 Å². The van der Waals surface area contributed by atoms with Crippen LogP contribution in [0.4, 0.5) is 13.2 Å². The van der Waals surface area contributed by atoms with Crippen LogP contribution in [0.15, 0.2) is 33.7 Å². The van der Waals surface area contributed by atoms with Gasteiger partial charge in [-0.05, 0) is 32.0 Å². The molecule has 12 heteroatoms. The van der Waals surface area contributed by atoms with Crippen LogP contribution >= 0.6 is 0 Å². The van der Waals surface area contributed by atoms with Crippen LogP contribution in [-0.4, -0.2) is 30.8 Å². The maximum atomic E-state index is 12.4. The molecule has 0 fully saturated rings. The van der Waals surface area contributed by atoms with Crippen LogP contribution in [0.25, 0.3) is 10.9 Å². The van der Waals surface area contributed by atoms with E-state index in [2.05, 4.69) is 14.9 Å². The zero-order valence-corrected chi connectivity index (χ0v) is 14.7. The molecule has 2 N–H and O–H groups in total.